The minimum atomic E-state index is -3.67. The predicted octanol–water partition coefficient (Wildman–Crippen LogP) is -0.300. The number of carbonyl (C=O) groups is 1. The second-order valence-electron chi connectivity index (χ2n) is 6.82. The van der Waals surface area contributed by atoms with Crippen LogP contribution in [0, 0.1) is 0 Å². The molecule has 8 nitrogen and oxygen atoms in total. The summed E-state index contributed by atoms with van der Waals surface area (Å²) in [6.07, 6.45) is 0.766. The molecule has 0 spiro atoms. The lowest BCUT2D eigenvalue weighted by Gasteiger charge is -2.30. The van der Waals surface area contributed by atoms with Crippen LogP contribution in [-0.2, 0) is 21.2 Å². The van der Waals surface area contributed by atoms with Crippen LogP contribution in [0.4, 0.5) is 5.69 Å². The van der Waals surface area contributed by atoms with Crippen LogP contribution in [0.2, 0.25) is 0 Å². The lowest BCUT2D eigenvalue weighted by Crippen LogP contribution is -3.11. The Bertz CT molecular complexity index is 941. The van der Waals surface area contributed by atoms with Crippen molar-refractivity contribution in [3.63, 3.8) is 0 Å². The van der Waals surface area contributed by atoms with Gasteiger partial charge in [0.1, 0.15) is 18.4 Å². The van der Waals surface area contributed by atoms with Crippen LogP contribution < -0.4 is 24.2 Å². The van der Waals surface area contributed by atoms with Crippen molar-refractivity contribution >= 4 is 21.7 Å². The fourth-order valence-electron chi connectivity index (χ4n) is 2.90. The summed E-state index contributed by atoms with van der Waals surface area (Å²) in [7, 11) is 2.09. The molecule has 3 rings (SSSR count). The van der Waals surface area contributed by atoms with Crippen molar-refractivity contribution in [2.45, 2.75) is 24.3 Å². The van der Waals surface area contributed by atoms with E-state index in [0.717, 1.165) is 18.9 Å². The molecule has 158 valence electrons. The summed E-state index contributed by atoms with van der Waals surface area (Å²) in [4.78, 5) is 10.4. The minimum absolute atomic E-state index is 0.214. The van der Waals surface area contributed by atoms with Gasteiger partial charge in [-0.2, -0.15) is 0 Å². The number of rotatable bonds is 5. The smallest absolute Gasteiger partial charge is 0.262 e. The summed E-state index contributed by atoms with van der Waals surface area (Å²) in [6.45, 7) is 1.50. The van der Waals surface area contributed by atoms with Gasteiger partial charge in [0.25, 0.3) is 10.0 Å². The van der Waals surface area contributed by atoms with Crippen LogP contribution in [0.25, 0.3) is 0 Å². The summed E-state index contributed by atoms with van der Waals surface area (Å²) in [5.41, 5.74) is 1.33. The topological polar surface area (TPSA) is 109 Å². The van der Waals surface area contributed by atoms with E-state index in [1.54, 1.807) is 49.6 Å². The number of quaternary nitrogens is 1. The maximum atomic E-state index is 12.6. The zero-order chi connectivity index (χ0) is 21.6. The molecule has 2 N–H and O–H groups in total. The van der Waals surface area contributed by atoms with E-state index in [2.05, 4.69) is 18.8 Å². The third kappa shape index (κ3) is 5.85. The molecule has 0 aliphatic carbocycles. The number of hydrogen-bond donors (Lipinski definition) is 2. The van der Waals surface area contributed by atoms with Crippen molar-refractivity contribution in [1.82, 2.24) is 0 Å². The Balaban J connectivity index is 0.000000687. The highest BCUT2D eigenvalue weighted by Gasteiger charge is 2.30. The standard InChI is InChI=1S/C18H22N2O4S.C2H4O2/c1-20(2)13-11-15-17(23-3)10-9-16(18(15)24-12-13)19-25(21,22)14-7-5-4-6-8-14;1-2(3)4/h4-10,13,19H,11-12H2,1-3H3;1H3,(H,3,4)/t13-;/m1./s1. The van der Waals surface area contributed by atoms with E-state index in [4.69, 9.17) is 19.4 Å². The van der Waals surface area contributed by atoms with Crippen LogP contribution in [0.3, 0.4) is 0 Å². The molecule has 0 unspecified atom stereocenters. The second kappa shape index (κ2) is 9.62. The van der Waals surface area contributed by atoms with Gasteiger partial charge in [-0.05, 0) is 31.2 Å². The predicted molar refractivity (Wildman–Crippen MR) is 107 cm³/mol. The number of fused-ring (bicyclic) bond motifs is 1. The molecule has 2 aromatic carbocycles. The van der Waals surface area contributed by atoms with Gasteiger partial charge in [0.2, 0.25) is 0 Å². The van der Waals surface area contributed by atoms with Gasteiger partial charge >= 0.3 is 0 Å². The zero-order valence-corrected chi connectivity index (χ0v) is 17.7. The molecule has 0 amide bonds. The van der Waals surface area contributed by atoms with Gasteiger partial charge in [-0.3, -0.25) is 4.72 Å². The first kappa shape index (κ1) is 22.5. The van der Waals surface area contributed by atoms with Crippen molar-refractivity contribution in [2.24, 2.45) is 0 Å². The largest absolute Gasteiger partial charge is 0.550 e. The van der Waals surface area contributed by atoms with Gasteiger partial charge in [-0.15, -0.1) is 0 Å². The Morgan fingerprint density at radius 1 is 1.21 bits per heavy atom. The van der Waals surface area contributed by atoms with E-state index in [-0.39, 0.29) is 4.90 Å². The lowest BCUT2D eigenvalue weighted by molar-refractivity contribution is -0.886. The number of carbonyl (C=O) groups excluding carboxylic acids is 1. The number of sulfonamides is 1. The SMILES string of the molecule is CC(=O)[O-].COc1ccc(NS(=O)(=O)c2ccccc2)c2c1C[C@@H]([NH+](C)C)CO2. The lowest BCUT2D eigenvalue weighted by atomic mass is 10.00. The van der Waals surface area contributed by atoms with E-state index in [0.29, 0.717) is 29.8 Å². The van der Waals surface area contributed by atoms with Gasteiger partial charge in [-0.1, -0.05) is 18.2 Å². The number of nitrogens with one attached hydrogen (secondary N) is 2. The van der Waals surface area contributed by atoms with E-state index < -0.39 is 16.0 Å². The maximum Gasteiger partial charge on any atom is 0.262 e. The molecule has 0 saturated heterocycles. The Kier molecular flexibility index (Phi) is 7.46. The van der Waals surface area contributed by atoms with Crippen LogP contribution in [-0.4, -0.2) is 48.2 Å². The molecule has 1 aliphatic heterocycles. The molecule has 2 aromatic rings. The fraction of sp³-hybridized carbons (Fsp3) is 0.350. The number of methoxy groups -OCH3 is 1. The molecule has 0 radical (unpaired) electrons. The number of ether oxygens (including phenoxy) is 2. The summed E-state index contributed by atoms with van der Waals surface area (Å²) in [6, 6.07) is 12.0. The van der Waals surface area contributed by atoms with E-state index in [1.165, 1.54) is 4.90 Å². The highest BCUT2D eigenvalue weighted by atomic mass is 32.2. The zero-order valence-electron chi connectivity index (χ0n) is 16.9. The van der Waals surface area contributed by atoms with Crippen molar-refractivity contribution in [3.8, 4) is 11.5 Å². The normalized spacial score (nSPS) is 15.4. The Morgan fingerprint density at radius 3 is 2.38 bits per heavy atom. The molecule has 1 atom stereocenters. The van der Waals surface area contributed by atoms with Gasteiger partial charge in [0.15, 0.2) is 5.75 Å². The number of benzene rings is 2. The molecule has 0 bridgehead atoms. The van der Waals surface area contributed by atoms with Gasteiger partial charge in [0, 0.05) is 18.0 Å². The Morgan fingerprint density at radius 2 is 1.83 bits per heavy atom. The number of hydrogen-bond acceptors (Lipinski definition) is 6. The van der Waals surface area contributed by atoms with Gasteiger partial charge in [-0.25, -0.2) is 8.42 Å². The van der Waals surface area contributed by atoms with Crippen LogP contribution in [0.1, 0.15) is 12.5 Å². The number of carboxylic acid groups (broad SMARTS) is 1. The van der Waals surface area contributed by atoms with Crippen LogP contribution in [0.5, 0.6) is 11.5 Å². The number of anilines is 1. The van der Waals surface area contributed by atoms with Crippen LogP contribution in [0.15, 0.2) is 47.4 Å². The molecule has 0 saturated carbocycles. The molecule has 0 aromatic heterocycles. The Hall–Kier alpha value is -2.78. The maximum absolute atomic E-state index is 12.6. The average molecular weight is 423 g/mol. The number of aliphatic carboxylic acids is 1. The summed E-state index contributed by atoms with van der Waals surface area (Å²) >= 11 is 0. The first-order valence-electron chi connectivity index (χ1n) is 9.04. The van der Waals surface area contributed by atoms with Crippen molar-refractivity contribution in [3.05, 3.63) is 48.0 Å². The van der Waals surface area contributed by atoms with Crippen molar-refractivity contribution in [2.75, 3.05) is 32.5 Å². The van der Waals surface area contributed by atoms with Crippen molar-refractivity contribution < 1.29 is 32.7 Å². The molecule has 0 fully saturated rings. The highest BCUT2D eigenvalue weighted by molar-refractivity contribution is 7.92. The molecular weight excluding hydrogens is 396 g/mol. The van der Waals surface area contributed by atoms with Crippen LogP contribution >= 0.6 is 0 Å². The molecule has 9 heteroatoms. The minimum Gasteiger partial charge on any atom is -0.550 e. The fourth-order valence-corrected chi connectivity index (χ4v) is 3.99. The van der Waals surface area contributed by atoms with E-state index in [1.807, 2.05) is 0 Å². The second-order valence-corrected chi connectivity index (χ2v) is 8.50. The third-order valence-corrected chi connectivity index (χ3v) is 5.81. The first-order valence-corrected chi connectivity index (χ1v) is 10.5. The Labute approximate surface area is 171 Å². The quantitative estimate of drug-likeness (QED) is 0.685. The molecular formula is C20H26N2O6S. The van der Waals surface area contributed by atoms with E-state index >= 15 is 0 Å². The average Bonchev–Trinajstić information content (AvgIpc) is 2.68. The summed E-state index contributed by atoms with van der Waals surface area (Å²) in [5, 5.41) is 8.89. The molecule has 29 heavy (non-hydrogen) atoms. The first-order chi connectivity index (χ1) is 13.7. The van der Waals surface area contributed by atoms with Gasteiger partial charge in [0.05, 0.1) is 31.8 Å². The number of carboxylic acids is 1. The number of likely N-dealkylation sites (N-methyl/N-ethyl adjacent to an activating group) is 1. The summed E-state index contributed by atoms with van der Waals surface area (Å²) < 4.78 is 39.2. The molecule has 1 aliphatic rings. The van der Waals surface area contributed by atoms with Gasteiger partial charge < -0.3 is 24.3 Å². The third-order valence-electron chi connectivity index (χ3n) is 4.43. The van der Waals surface area contributed by atoms with E-state index in [9.17, 15) is 8.42 Å². The van der Waals surface area contributed by atoms with Crippen molar-refractivity contribution in [1.29, 1.82) is 0 Å². The molecule has 1 heterocycles. The summed E-state index contributed by atoms with van der Waals surface area (Å²) in [5.74, 6) is 0.181. The monoisotopic (exact) mass is 422 g/mol. The highest BCUT2D eigenvalue weighted by Crippen LogP contribution is 2.39.